The Bertz CT molecular complexity index is 995. The zero-order valence-corrected chi connectivity index (χ0v) is 15.3. The molecule has 3 aromatic rings. The molecule has 26 heavy (non-hydrogen) atoms. The Morgan fingerprint density at radius 2 is 2.00 bits per heavy atom. The van der Waals surface area contributed by atoms with Crippen molar-refractivity contribution in [1.29, 1.82) is 0 Å². The Balaban J connectivity index is 1.47. The van der Waals surface area contributed by atoms with Gasteiger partial charge in [0.2, 0.25) is 0 Å². The van der Waals surface area contributed by atoms with Gasteiger partial charge in [-0.3, -0.25) is 9.69 Å². The number of H-pyrrole nitrogens is 1. The molecule has 2 aromatic heterocycles. The minimum absolute atomic E-state index is 0.121. The molecule has 0 amide bonds. The van der Waals surface area contributed by atoms with Gasteiger partial charge >= 0.3 is 0 Å². The van der Waals surface area contributed by atoms with Crippen LogP contribution in [0.4, 0.5) is 5.82 Å². The van der Waals surface area contributed by atoms with Crippen LogP contribution in [-0.4, -0.2) is 46.0 Å². The first-order chi connectivity index (χ1) is 12.6. The van der Waals surface area contributed by atoms with Crippen molar-refractivity contribution in [3.8, 4) is 0 Å². The molecule has 0 aliphatic carbocycles. The van der Waals surface area contributed by atoms with Gasteiger partial charge in [-0.15, -0.1) is 0 Å². The van der Waals surface area contributed by atoms with E-state index in [-0.39, 0.29) is 5.56 Å². The van der Waals surface area contributed by atoms with E-state index in [1.165, 1.54) is 5.56 Å². The topological polar surface area (TPSA) is 65.1 Å². The third kappa shape index (κ3) is 3.43. The van der Waals surface area contributed by atoms with E-state index < -0.39 is 0 Å². The lowest BCUT2D eigenvalue weighted by molar-refractivity contribution is 0.243. The molecule has 1 fully saturated rings. The molecule has 1 N–H and O–H groups in total. The summed E-state index contributed by atoms with van der Waals surface area (Å²) >= 11 is 6.03. The maximum absolute atomic E-state index is 12.3. The van der Waals surface area contributed by atoms with E-state index in [1.807, 2.05) is 12.3 Å². The second-order valence-electron chi connectivity index (χ2n) is 6.58. The van der Waals surface area contributed by atoms with Crippen LogP contribution in [0.2, 0.25) is 5.02 Å². The maximum Gasteiger partial charge on any atom is 0.258 e. The van der Waals surface area contributed by atoms with Gasteiger partial charge < -0.3 is 9.88 Å². The number of nitrogens with zero attached hydrogens (tertiary/aromatic N) is 4. The lowest BCUT2D eigenvalue weighted by atomic mass is 10.2. The molecule has 7 heteroatoms. The number of pyridine rings is 1. The van der Waals surface area contributed by atoms with E-state index in [2.05, 4.69) is 37.7 Å². The van der Waals surface area contributed by atoms with E-state index in [1.54, 1.807) is 18.2 Å². The molecule has 0 atom stereocenters. The fourth-order valence-electron chi connectivity index (χ4n) is 3.37. The van der Waals surface area contributed by atoms with E-state index in [0.717, 1.165) is 32.0 Å². The standard InChI is InChI=1S/C19H20ClN5O/c1-13-3-2-6-21-18(13)25-9-7-24(8-10-25)12-17-22-16-11-14(20)4-5-15(16)19(26)23-17/h2-6,11H,7-10,12H2,1H3,(H,22,23,26). The first kappa shape index (κ1) is 17.0. The molecule has 1 aromatic carbocycles. The Labute approximate surface area is 156 Å². The molecule has 4 rings (SSSR count). The fraction of sp³-hybridized carbons (Fsp3) is 0.316. The number of hydrogen-bond acceptors (Lipinski definition) is 5. The molecule has 0 radical (unpaired) electrons. The van der Waals surface area contributed by atoms with Gasteiger partial charge in [0.15, 0.2) is 0 Å². The van der Waals surface area contributed by atoms with Crippen LogP contribution in [0.15, 0.2) is 41.3 Å². The predicted molar refractivity (Wildman–Crippen MR) is 104 cm³/mol. The summed E-state index contributed by atoms with van der Waals surface area (Å²) in [7, 11) is 0. The predicted octanol–water partition coefficient (Wildman–Crippen LogP) is 2.60. The largest absolute Gasteiger partial charge is 0.354 e. The third-order valence-corrected chi connectivity index (χ3v) is 4.98. The molecule has 0 saturated carbocycles. The smallest absolute Gasteiger partial charge is 0.258 e. The Morgan fingerprint density at radius 1 is 1.19 bits per heavy atom. The van der Waals surface area contributed by atoms with Crippen molar-refractivity contribution in [1.82, 2.24) is 19.9 Å². The summed E-state index contributed by atoms with van der Waals surface area (Å²) in [5.74, 6) is 1.73. The van der Waals surface area contributed by atoms with E-state index in [0.29, 0.717) is 28.3 Å². The van der Waals surface area contributed by atoms with E-state index in [4.69, 9.17) is 11.6 Å². The fourth-order valence-corrected chi connectivity index (χ4v) is 3.54. The molecule has 3 heterocycles. The number of aryl methyl sites for hydroxylation is 1. The number of anilines is 1. The minimum Gasteiger partial charge on any atom is -0.354 e. The number of aromatic amines is 1. The zero-order chi connectivity index (χ0) is 18.1. The van der Waals surface area contributed by atoms with Crippen LogP contribution in [0, 0.1) is 6.92 Å². The van der Waals surface area contributed by atoms with Crippen molar-refractivity contribution in [3.05, 3.63) is 63.3 Å². The first-order valence-electron chi connectivity index (χ1n) is 8.67. The highest BCUT2D eigenvalue weighted by Gasteiger charge is 2.20. The molecule has 134 valence electrons. The summed E-state index contributed by atoms with van der Waals surface area (Å²) in [6.45, 7) is 6.31. The van der Waals surface area contributed by atoms with Gasteiger partial charge in [-0.05, 0) is 36.8 Å². The van der Waals surface area contributed by atoms with Crippen molar-refractivity contribution < 1.29 is 0 Å². The van der Waals surface area contributed by atoms with E-state index >= 15 is 0 Å². The highest BCUT2D eigenvalue weighted by atomic mass is 35.5. The molecular formula is C19H20ClN5O. The van der Waals surface area contributed by atoms with Crippen LogP contribution >= 0.6 is 11.6 Å². The lowest BCUT2D eigenvalue weighted by Gasteiger charge is -2.35. The van der Waals surface area contributed by atoms with Crippen molar-refractivity contribution in [3.63, 3.8) is 0 Å². The van der Waals surface area contributed by atoms with Crippen molar-refractivity contribution in [2.75, 3.05) is 31.1 Å². The number of rotatable bonds is 3. The number of hydrogen-bond donors (Lipinski definition) is 1. The number of piperazine rings is 1. The first-order valence-corrected chi connectivity index (χ1v) is 9.05. The van der Waals surface area contributed by atoms with Crippen molar-refractivity contribution in [2.45, 2.75) is 13.5 Å². The van der Waals surface area contributed by atoms with Gasteiger partial charge in [-0.2, -0.15) is 0 Å². The molecule has 1 aliphatic heterocycles. The molecule has 0 bridgehead atoms. The number of benzene rings is 1. The average Bonchev–Trinajstić information content (AvgIpc) is 2.62. The Kier molecular flexibility index (Phi) is 4.61. The lowest BCUT2D eigenvalue weighted by Crippen LogP contribution is -2.46. The van der Waals surface area contributed by atoms with Gasteiger partial charge in [0, 0.05) is 37.4 Å². The SMILES string of the molecule is Cc1cccnc1N1CCN(Cc2nc3cc(Cl)ccc3c(=O)[nH]2)CC1. The van der Waals surface area contributed by atoms with Crippen LogP contribution in [0.3, 0.4) is 0 Å². The third-order valence-electron chi connectivity index (χ3n) is 4.74. The average molecular weight is 370 g/mol. The summed E-state index contributed by atoms with van der Waals surface area (Å²) in [5, 5.41) is 1.15. The molecule has 1 saturated heterocycles. The highest BCUT2D eigenvalue weighted by molar-refractivity contribution is 6.31. The highest BCUT2D eigenvalue weighted by Crippen LogP contribution is 2.19. The molecule has 6 nitrogen and oxygen atoms in total. The van der Waals surface area contributed by atoms with Gasteiger partial charge in [0.05, 0.1) is 17.4 Å². The monoisotopic (exact) mass is 369 g/mol. The number of fused-ring (bicyclic) bond motifs is 1. The minimum atomic E-state index is -0.121. The zero-order valence-electron chi connectivity index (χ0n) is 14.6. The quantitative estimate of drug-likeness (QED) is 0.768. The van der Waals surface area contributed by atoms with E-state index in [9.17, 15) is 4.79 Å². The van der Waals surface area contributed by atoms with Crippen LogP contribution in [0.1, 0.15) is 11.4 Å². The van der Waals surface area contributed by atoms with Gasteiger partial charge in [0.25, 0.3) is 5.56 Å². The van der Waals surface area contributed by atoms with Crippen molar-refractivity contribution >= 4 is 28.3 Å². The summed E-state index contributed by atoms with van der Waals surface area (Å²) in [6, 6.07) is 9.20. The summed E-state index contributed by atoms with van der Waals surface area (Å²) in [5.41, 5.74) is 1.71. The number of halogens is 1. The molecule has 0 spiro atoms. The van der Waals surface area contributed by atoms with Gasteiger partial charge in [0.1, 0.15) is 11.6 Å². The molecular weight excluding hydrogens is 350 g/mol. The summed E-state index contributed by atoms with van der Waals surface area (Å²) < 4.78 is 0. The summed E-state index contributed by atoms with van der Waals surface area (Å²) in [4.78, 5) is 28.8. The Morgan fingerprint density at radius 3 is 2.77 bits per heavy atom. The summed E-state index contributed by atoms with van der Waals surface area (Å²) in [6.07, 6.45) is 1.84. The van der Waals surface area contributed by atoms with Gasteiger partial charge in [-0.25, -0.2) is 9.97 Å². The number of nitrogens with one attached hydrogen (secondary N) is 1. The second kappa shape index (κ2) is 7.05. The van der Waals surface area contributed by atoms with Crippen LogP contribution in [-0.2, 0) is 6.54 Å². The maximum atomic E-state index is 12.3. The second-order valence-corrected chi connectivity index (χ2v) is 7.02. The van der Waals surface area contributed by atoms with Gasteiger partial charge in [-0.1, -0.05) is 17.7 Å². The number of aromatic nitrogens is 3. The van der Waals surface area contributed by atoms with Crippen LogP contribution < -0.4 is 10.5 Å². The van der Waals surface area contributed by atoms with Crippen LogP contribution in [0.5, 0.6) is 0 Å². The molecule has 0 unspecified atom stereocenters. The Hall–Kier alpha value is -2.44. The molecule has 1 aliphatic rings. The normalized spacial score (nSPS) is 15.5. The van der Waals surface area contributed by atoms with Crippen molar-refractivity contribution in [2.24, 2.45) is 0 Å². The van der Waals surface area contributed by atoms with Crippen LogP contribution in [0.25, 0.3) is 10.9 Å².